The van der Waals surface area contributed by atoms with Gasteiger partial charge in [0.25, 0.3) is 11.8 Å². The molecule has 0 aliphatic heterocycles. The van der Waals surface area contributed by atoms with Crippen molar-refractivity contribution in [3.8, 4) is 23.0 Å². The van der Waals surface area contributed by atoms with Crippen molar-refractivity contribution < 1.29 is 33.3 Å². The molecule has 2 amide bonds. The summed E-state index contributed by atoms with van der Waals surface area (Å²) in [5.74, 6) is 0.622. The molecular formula is C41H36N2O7. The summed E-state index contributed by atoms with van der Waals surface area (Å²) in [6, 6.07) is 35.7. The fourth-order valence-corrected chi connectivity index (χ4v) is 4.89. The molecule has 5 aromatic rings. The molecule has 5 rings (SSSR count). The van der Waals surface area contributed by atoms with Crippen LogP contribution in [0.15, 0.2) is 133 Å². The molecule has 0 aromatic heterocycles. The maximum atomic E-state index is 13.6. The lowest BCUT2D eigenvalue weighted by molar-refractivity contribution is -0.113. The molecule has 0 saturated heterocycles. The molecule has 252 valence electrons. The zero-order chi connectivity index (χ0) is 35.3. The number of carbonyl (C=O) groups excluding carboxylic acids is 3. The number of carbonyl (C=O) groups is 3. The van der Waals surface area contributed by atoms with Crippen LogP contribution in [0.4, 0.5) is 5.69 Å². The van der Waals surface area contributed by atoms with E-state index in [4.69, 9.17) is 18.9 Å². The first-order valence-electron chi connectivity index (χ1n) is 15.7. The van der Waals surface area contributed by atoms with Crippen LogP contribution in [0.3, 0.4) is 0 Å². The van der Waals surface area contributed by atoms with E-state index in [1.807, 2.05) is 54.6 Å². The van der Waals surface area contributed by atoms with Gasteiger partial charge in [0.05, 0.1) is 21.3 Å². The van der Waals surface area contributed by atoms with Crippen molar-refractivity contribution in [3.63, 3.8) is 0 Å². The van der Waals surface area contributed by atoms with Crippen LogP contribution in [0, 0.1) is 0 Å². The van der Waals surface area contributed by atoms with Gasteiger partial charge in [-0.15, -0.1) is 0 Å². The number of ketones is 1. The topological polar surface area (TPSA) is 112 Å². The Kier molecular flexibility index (Phi) is 11.8. The lowest BCUT2D eigenvalue weighted by Gasteiger charge is -2.14. The van der Waals surface area contributed by atoms with Crippen molar-refractivity contribution in [2.24, 2.45) is 0 Å². The van der Waals surface area contributed by atoms with Gasteiger partial charge in [0, 0.05) is 16.8 Å². The van der Waals surface area contributed by atoms with Gasteiger partial charge in [-0.2, -0.15) is 0 Å². The van der Waals surface area contributed by atoms with E-state index < -0.39 is 11.8 Å². The minimum atomic E-state index is -0.585. The monoisotopic (exact) mass is 668 g/mol. The van der Waals surface area contributed by atoms with Crippen molar-refractivity contribution in [1.29, 1.82) is 0 Å². The summed E-state index contributed by atoms with van der Waals surface area (Å²) in [5, 5.41) is 5.51. The zero-order valence-electron chi connectivity index (χ0n) is 27.8. The summed E-state index contributed by atoms with van der Waals surface area (Å²) in [4.78, 5) is 39.6. The Morgan fingerprint density at radius 1 is 0.660 bits per heavy atom. The lowest BCUT2D eigenvalue weighted by Crippen LogP contribution is -2.30. The Hall–Kier alpha value is -6.61. The predicted molar refractivity (Wildman–Crippen MR) is 194 cm³/mol. The van der Waals surface area contributed by atoms with E-state index in [1.165, 1.54) is 33.5 Å². The van der Waals surface area contributed by atoms with E-state index in [9.17, 15) is 14.4 Å². The molecule has 0 aliphatic rings. The van der Waals surface area contributed by atoms with Gasteiger partial charge in [0.15, 0.2) is 17.3 Å². The minimum Gasteiger partial charge on any atom is -0.493 e. The fraction of sp³-hybridized carbons (Fsp3) is 0.0976. The van der Waals surface area contributed by atoms with E-state index in [-0.39, 0.29) is 11.5 Å². The molecule has 50 heavy (non-hydrogen) atoms. The molecular weight excluding hydrogens is 632 g/mol. The Bertz CT molecular complexity index is 1960. The normalized spacial score (nSPS) is 11.1. The summed E-state index contributed by atoms with van der Waals surface area (Å²) in [5.41, 5.74) is 3.64. The van der Waals surface area contributed by atoms with Crippen LogP contribution >= 0.6 is 0 Å². The first-order chi connectivity index (χ1) is 24.4. The molecule has 0 spiro atoms. The largest absolute Gasteiger partial charge is 0.493 e. The van der Waals surface area contributed by atoms with Crippen LogP contribution in [0.2, 0.25) is 0 Å². The van der Waals surface area contributed by atoms with E-state index >= 15 is 0 Å². The molecule has 0 heterocycles. The molecule has 0 atom stereocenters. The maximum Gasteiger partial charge on any atom is 0.272 e. The van der Waals surface area contributed by atoms with Crippen molar-refractivity contribution in [3.05, 3.63) is 161 Å². The van der Waals surface area contributed by atoms with E-state index in [0.717, 1.165) is 16.9 Å². The Labute approximate surface area is 290 Å². The number of anilines is 1. The minimum absolute atomic E-state index is 0.0345. The van der Waals surface area contributed by atoms with Gasteiger partial charge < -0.3 is 29.6 Å². The number of amides is 2. The third kappa shape index (κ3) is 9.26. The first kappa shape index (κ1) is 34.7. The maximum absolute atomic E-state index is 13.6. The quantitative estimate of drug-likeness (QED) is 0.0926. The van der Waals surface area contributed by atoms with E-state index in [0.29, 0.717) is 46.2 Å². The van der Waals surface area contributed by atoms with Gasteiger partial charge in [-0.25, -0.2) is 0 Å². The number of nitrogens with one attached hydrogen (secondary N) is 2. The summed E-state index contributed by atoms with van der Waals surface area (Å²) < 4.78 is 22.1. The predicted octanol–water partition coefficient (Wildman–Crippen LogP) is 7.60. The highest BCUT2D eigenvalue weighted by Crippen LogP contribution is 2.38. The average Bonchev–Trinajstić information content (AvgIpc) is 3.16. The van der Waals surface area contributed by atoms with Gasteiger partial charge >= 0.3 is 0 Å². The van der Waals surface area contributed by atoms with Crippen LogP contribution in [-0.4, -0.2) is 38.9 Å². The average molecular weight is 669 g/mol. The van der Waals surface area contributed by atoms with Gasteiger partial charge in [0.2, 0.25) is 5.75 Å². The second-order valence-electron chi connectivity index (χ2n) is 10.9. The van der Waals surface area contributed by atoms with Crippen molar-refractivity contribution in [1.82, 2.24) is 5.32 Å². The van der Waals surface area contributed by atoms with Crippen molar-refractivity contribution in [2.75, 3.05) is 26.6 Å². The Balaban J connectivity index is 1.27. The van der Waals surface area contributed by atoms with Gasteiger partial charge in [-0.3, -0.25) is 14.4 Å². The van der Waals surface area contributed by atoms with Gasteiger partial charge in [0.1, 0.15) is 18.1 Å². The third-order valence-electron chi connectivity index (χ3n) is 7.51. The van der Waals surface area contributed by atoms with Gasteiger partial charge in [-0.05, 0) is 89.5 Å². The Morgan fingerprint density at radius 2 is 1.28 bits per heavy atom. The lowest BCUT2D eigenvalue weighted by atomic mass is 10.1. The van der Waals surface area contributed by atoms with Crippen LogP contribution in [-0.2, 0) is 11.4 Å². The SMILES string of the molecule is COc1cc(/C=C(\NC(=O)c2ccccc2)C(=O)Nc2ccc(C(=O)/C=C/c3ccc(OCc4ccccc4)cc3)cc2)cc(OC)c1OC. The summed E-state index contributed by atoms with van der Waals surface area (Å²) in [6.07, 6.45) is 4.73. The zero-order valence-corrected chi connectivity index (χ0v) is 27.8. The second-order valence-corrected chi connectivity index (χ2v) is 10.9. The highest BCUT2D eigenvalue weighted by molar-refractivity contribution is 6.11. The second kappa shape index (κ2) is 17.0. The van der Waals surface area contributed by atoms with Crippen molar-refractivity contribution in [2.45, 2.75) is 6.61 Å². The first-order valence-corrected chi connectivity index (χ1v) is 15.7. The molecule has 2 N–H and O–H groups in total. The number of rotatable bonds is 14. The summed E-state index contributed by atoms with van der Waals surface area (Å²) in [7, 11) is 4.47. The molecule has 0 radical (unpaired) electrons. The number of ether oxygens (including phenoxy) is 4. The molecule has 9 nitrogen and oxygen atoms in total. The van der Waals surface area contributed by atoms with Crippen LogP contribution in [0.25, 0.3) is 12.2 Å². The molecule has 0 bridgehead atoms. The molecule has 9 heteroatoms. The molecule has 5 aromatic carbocycles. The van der Waals surface area contributed by atoms with E-state index in [1.54, 1.807) is 72.8 Å². The van der Waals surface area contributed by atoms with Crippen LogP contribution in [0.1, 0.15) is 37.4 Å². The number of hydrogen-bond acceptors (Lipinski definition) is 7. The fourth-order valence-electron chi connectivity index (χ4n) is 4.89. The number of hydrogen-bond donors (Lipinski definition) is 2. The van der Waals surface area contributed by atoms with Crippen LogP contribution in [0.5, 0.6) is 23.0 Å². The summed E-state index contributed by atoms with van der Waals surface area (Å²) >= 11 is 0. The standard InChI is InChI=1S/C41H36N2O7/c1-47-37-25-30(26-38(48-2)39(37)49-3)24-35(43-40(45)32-12-8-5-9-13-32)41(46)42-33-19-17-31(18-20-33)36(44)23-16-28-14-21-34(22-15-28)50-27-29-10-6-4-7-11-29/h4-26H,27H2,1-3H3,(H,42,46)(H,43,45)/b23-16+,35-24-. The molecule has 0 saturated carbocycles. The number of methoxy groups -OCH3 is 3. The summed E-state index contributed by atoms with van der Waals surface area (Å²) in [6.45, 7) is 0.470. The highest BCUT2D eigenvalue weighted by atomic mass is 16.5. The van der Waals surface area contributed by atoms with Crippen molar-refractivity contribution >= 4 is 35.4 Å². The molecule has 0 unspecified atom stereocenters. The Morgan fingerprint density at radius 3 is 1.88 bits per heavy atom. The third-order valence-corrected chi connectivity index (χ3v) is 7.51. The van der Waals surface area contributed by atoms with E-state index in [2.05, 4.69) is 10.6 Å². The molecule has 0 fully saturated rings. The number of allylic oxidation sites excluding steroid dienone is 1. The van der Waals surface area contributed by atoms with Crippen LogP contribution < -0.4 is 29.6 Å². The highest BCUT2D eigenvalue weighted by Gasteiger charge is 2.18. The molecule has 0 aliphatic carbocycles. The van der Waals surface area contributed by atoms with Gasteiger partial charge in [-0.1, -0.05) is 66.7 Å². The smallest absolute Gasteiger partial charge is 0.272 e. The number of benzene rings is 5.